The fourth-order valence-corrected chi connectivity index (χ4v) is 5.81. The quantitative estimate of drug-likeness (QED) is 0.219. The molecule has 5 rings (SSSR count). The van der Waals surface area contributed by atoms with Crippen molar-refractivity contribution in [3.05, 3.63) is 129 Å². The number of nitrogens with zero attached hydrogens (tertiary/aromatic N) is 3. The molecule has 0 saturated heterocycles. The van der Waals surface area contributed by atoms with E-state index in [9.17, 15) is 19.7 Å². The monoisotopic (exact) mass is 517 g/mol. The van der Waals surface area contributed by atoms with E-state index in [0.29, 0.717) is 26.2 Å². The standard InChI is InChI=1S/C26H19N3O5S2/c1-16-22(25(31)34-15-18-6-3-2-4-7-18)23(20-8-5-13-35-20)28-24(30)21(36-26(28)27-16)14-17-9-11-19(12-10-17)29(32)33/h2-14,23H,15H2,1H3/b21-14+. The smallest absolute Gasteiger partial charge is 0.338 e. The van der Waals surface area contributed by atoms with Gasteiger partial charge in [0.2, 0.25) is 0 Å². The summed E-state index contributed by atoms with van der Waals surface area (Å²) < 4.78 is 7.57. The molecule has 36 heavy (non-hydrogen) atoms. The Bertz CT molecular complexity index is 1650. The zero-order valence-corrected chi connectivity index (χ0v) is 20.6. The van der Waals surface area contributed by atoms with Gasteiger partial charge in [-0.15, -0.1) is 11.3 Å². The van der Waals surface area contributed by atoms with Gasteiger partial charge in [-0.25, -0.2) is 9.79 Å². The van der Waals surface area contributed by atoms with E-state index >= 15 is 0 Å². The number of thiazole rings is 1. The van der Waals surface area contributed by atoms with Gasteiger partial charge in [0, 0.05) is 17.0 Å². The van der Waals surface area contributed by atoms with Gasteiger partial charge in [0.25, 0.3) is 11.2 Å². The van der Waals surface area contributed by atoms with Crippen molar-refractivity contribution < 1.29 is 14.5 Å². The fraction of sp³-hybridized carbons (Fsp3) is 0.115. The van der Waals surface area contributed by atoms with Gasteiger partial charge < -0.3 is 4.74 Å². The molecule has 0 saturated carbocycles. The van der Waals surface area contributed by atoms with Crippen LogP contribution in [0.15, 0.2) is 93.2 Å². The van der Waals surface area contributed by atoms with Crippen LogP contribution < -0.4 is 14.9 Å². The Morgan fingerprint density at radius 2 is 1.89 bits per heavy atom. The molecule has 0 aliphatic carbocycles. The molecule has 0 radical (unpaired) electrons. The van der Waals surface area contributed by atoms with Gasteiger partial charge in [-0.3, -0.25) is 19.5 Å². The van der Waals surface area contributed by atoms with Crippen LogP contribution in [0, 0.1) is 10.1 Å². The molecule has 0 N–H and O–H groups in total. The largest absolute Gasteiger partial charge is 0.457 e. The lowest BCUT2D eigenvalue weighted by molar-refractivity contribution is -0.384. The number of hydrogen-bond acceptors (Lipinski definition) is 8. The lowest BCUT2D eigenvalue weighted by atomic mass is 10.0. The Kier molecular flexibility index (Phi) is 6.45. The first-order chi connectivity index (χ1) is 17.4. The molecule has 0 bridgehead atoms. The van der Waals surface area contributed by atoms with E-state index in [2.05, 4.69) is 4.99 Å². The van der Waals surface area contributed by atoms with Crippen molar-refractivity contribution in [1.82, 2.24) is 4.57 Å². The number of esters is 1. The molecule has 1 aliphatic rings. The van der Waals surface area contributed by atoms with Gasteiger partial charge in [0.05, 0.1) is 20.7 Å². The van der Waals surface area contributed by atoms with Crippen LogP contribution in [-0.2, 0) is 16.1 Å². The number of carbonyl (C=O) groups is 1. The number of fused-ring (bicyclic) bond motifs is 1. The number of rotatable bonds is 6. The second-order valence-corrected chi connectivity index (χ2v) is 10.00. The summed E-state index contributed by atoms with van der Waals surface area (Å²) in [4.78, 5) is 43.2. The number of ether oxygens (including phenoxy) is 1. The van der Waals surface area contributed by atoms with Crippen molar-refractivity contribution in [2.24, 2.45) is 4.99 Å². The Balaban J connectivity index is 1.56. The van der Waals surface area contributed by atoms with Crippen LogP contribution in [0.3, 0.4) is 0 Å². The molecular weight excluding hydrogens is 498 g/mol. The number of benzene rings is 2. The third kappa shape index (κ3) is 4.56. The van der Waals surface area contributed by atoms with Crippen molar-refractivity contribution in [2.45, 2.75) is 19.6 Å². The number of carbonyl (C=O) groups excluding carboxylic acids is 1. The van der Waals surface area contributed by atoms with Gasteiger partial charge in [-0.2, -0.15) is 0 Å². The molecule has 0 amide bonds. The molecule has 1 aliphatic heterocycles. The Hall–Kier alpha value is -4.15. The summed E-state index contributed by atoms with van der Waals surface area (Å²) in [5.41, 5.74) is 2.00. The number of nitro groups is 1. The van der Waals surface area contributed by atoms with Crippen LogP contribution in [0.1, 0.15) is 29.0 Å². The maximum atomic E-state index is 13.6. The molecular formula is C26H19N3O5S2. The summed E-state index contributed by atoms with van der Waals surface area (Å²) in [5, 5.41) is 12.8. The molecule has 10 heteroatoms. The number of hydrogen-bond donors (Lipinski definition) is 0. The summed E-state index contributed by atoms with van der Waals surface area (Å²) in [6.45, 7) is 1.85. The molecule has 0 fully saturated rings. The maximum Gasteiger partial charge on any atom is 0.338 e. The first kappa shape index (κ1) is 23.6. The highest BCUT2D eigenvalue weighted by atomic mass is 32.1. The first-order valence-corrected chi connectivity index (χ1v) is 12.6. The van der Waals surface area contributed by atoms with E-state index < -0.39 is 16.9 Å². The zero-order valence-electron chi connectivity index (χ0n) is 19.0. The van der Waals surface area contributed by atoms with Crippen LogP contribution >= 0.6 is 22.7 Å². The highest BCUT2D eigenvalue weighted by Crippen LogP contribution is 2.33. The van der Waals surface area contributed by atoms with Crippen LogP contribution in [0.5, 0.6) is 0 Å². The minimum atomic E-state index is -0.663. The van der Waals surface area contributed by atoms with Crippen LogP contribution in [0.25, 0.3) is 6.08 Å². The van der Waals surface area contributed by atoms with Gasteiger partial charge in [-0.1, -0.05) is 47.7 Å². The van der Waals surface area contributed by atoms with Gasteiger partial charge in [-0.05, 0) is 47.7 Å². The number of nitro benzene ring substituents is 1. The summed E-state index contributed by atoms with van der Waals surface area (Å²) in [5.74, 6) is -0.525. The Morgan fingerprint density at radius 3 is 2.56 bits per heavy atom. The molecule has 2 aromatic carbocycles. The van der Waals surface area contributed by atoms with Crippen molar-refractivity contribution in [3.8, 4) is 0 Å². The predicted molar refractivity (Wildman–Crippen MR) is 137 cm³/mol. The summed E-state index contributed by atoms with van der Waals surface area (Å²) >= 11 is 2.65. The molecule has 2 aromatic heterocycles. The minimum absolute atomic E-state index is 0.0272. The molecule has 180 valence electrons. The minimum Gasteiger partial charge on any atom is -0.457 e. The van der Waals surface area contributed by atoms with E-state index in [1.807, 2.05) is 47.8 Å². The number of thiophene rings is 1. The van der Waals surface area contributed by atoms with Crippen molar-refractivity contribution >= 4 is 40.4 Å². The van der Waals surface area contributed by atoms with Crippen LogP contribution in [0.4, 0.5) is 5.69 Å². The van der Waals surface area contributed by atoms with E-state index in [0.717, 1.165) is 10.4 Å². The first-order valence-electron chi connectivity index (χ1n) is 10.9. The normalized spacial score (nSPS) is 15.4. The van der Waals surface area contributed by atoms with Gasteiger partial charge in [0.1, 0.15) is 12.6 Å². The molecule has 1 unspecified atom stereocenters. The average Bonchev–Trinajstić information content (AvgIpc) is 3.51. The average molecular weight is 518 g/mol. The highest BCUT2D eigenvalue weighted by Gasteiger charge is 2.34. The zero-order chi connectivity index (χ0) is 25.2. The van der Waals surface area contributed by atoms with Crippen molar-refractivity contribution in [1.29, 1.82) is 0 Å². The van der Waals surface area contributed by atoms with Gasteiger partial charge in [0.15, 0.2) is 4.80 Å². The topological polar surface area (TPSA) is 104 Å². The van der Waals surface area contributed by atoms with E-state index in [4.69, 9.17) is 4.74 Å². The second kappa shape index (κ2) is 9.84. The lowest BCUT2D eigenvalue weighted by Crippen LogP contribution is -2.39. The molecule has 3 heterocycles. The summed E-state index contributed by atoms with van der Waals surface area (Å²) in [6.07, 6.45) is 1.67. The molecule has 8 nitrogen and oxygen atoms in total. The Labute approximate surface area is 212 Å². The third-order valence-corrected chi connectivity index (χ3v) is 7.58. The van der Waals surface area contributed by atoms with Crippen molar-refractivity contribution in [2.75, 3.05) is 0 Å². The predicted octanol–water partition coefficient (Wildman–Crippen LogP) is 3.95. The van der Waals surface area contributed by atoms with Crippen LogP contribution in [-0.4, -0.2) is 15.5 Å². The molecule has 1 atom stereocenters. The van der Waals surface area contributed by atoms with Crippen LogP contribution in [0.2, 0.25) is 0 Å². The number of aromatic nitrogens is 1. The lowest BCUT2D eigenvalue weighted by Gasteiger charge is -2.23. The SMILES string of the molecule is CC1=C(C(=O)OCc2ccccc2)C(c2cccs2)n2c(s/c(=C/c3ccc([N+](=O)[O-])cc3)c2=O)=N1. The fourth-order valence-electron chi connectivity index (χ4n) is 3.94. The Morgan fingerprint density at radius 1 is 1.14 bits per heavy atom. The molecule has 4 aromatic rings. The van der Waals surface area contributed by atoms with Gasteiger partial charge >= 0.3 is 5.97 Å². The highest BCUT2D eigenvalue weighted by molar-refractivity contribution is 7.10. The van der Waals surface area contributed by atoms with Crippen molar-refractivity contribution in [3.63, 3.8) is 0 Å². The maximum absolute atomic E-state index is 13.6. The number of non-ortho nitro benzene ring substituents is 1. The summed E-state index contributed by atoms with van der Waals surface area (Å²) in [7, 11) is 0. The van der Waals surface area contributed by atoms with E-state index in [1.54, 1.807) is 25.1 Å². The number of allylic oxidation sites excluding steroid dienone is 1. The molecule has 0 spiro atoms. The van der Waals surface area contributed by atoms with E-state index in [-0.39, 0.29) is 17.9 Å². The summed E-state index contributed by atoms with van der Waals surface area (Å²) in [6, 6.07) is 18.4. The second-order valence-electron chi connectivity index (χ2n) is 8.01. The third-order valence-electron chi connectivity index (χ3n) is 5.67. The van der Waals surface area contributed by atoms with E-state index in [1.165, 1.54) is 39.4 Å².